The summed E-state index contributed by atoms with van der Waals surface area (Å²) in [6.07, 6.45) is 1.76. The molecule has 0 aliphatic rings. The van der Waals surface area contributed by atoms with E-state index in [1.807, 2.05) is 20.2 Å². The van der Waals surface area contributed by atoms with Gasteiger partial charge in [-0.05, 0) is 43.9 Å². The second kappa shape index (κ2) is 6.16. The zero-order valence-electron chi connectivity index (χ0n) is 11.4. The number of pyridine rings is 1. The lowest BCUT2D eigenvalue weighted by molar-refractivity contribution is 0.0697. The molecular weight excluding hydrogens is 256 g/mol. The molecule has 1 aromatic carbocycles. The minimum Gasteiger partial charge on any atom is -0.478 e. The molecule has 0 saturated heterocycles. The molecule has 0 unspecified atom stereocenters. The van der Waals surface area contributed by atoms with E-state index in [1.165, 1.54) is 12.1 Å². The Kier molecular flexibility index (Phi) is 4.32. The highest BCUT2D eigenvalue weighted by atomic mass is 16.5. The predicted octanol–water partition coefficient (Wildman–Crippen LogP) is 2.63. The first-order chi connectivity index (χ1) is 9.54. The van der Waals surface area contributed by atoms with Crippen molar-refractivity contribution >= 4 is 5.97 Å². The molecule has 0 amide bonds. The van der Waals surface area contributed by atoms with E-state index in [-0.39, 0.29) is 5.56 Å². The molecule has 0 aliphatic carbocycles. The van der Waals surface area contributed by atoms with E-state index in [4.69, 9.17) is 9.84 Å². The number of hydrogen-bond donors (Lipinski definition) is 1. The first-order valence-corrected chi connectivity index (χ1v) is 6.15. The first-order valence-electron chi connectivity index (χ1n) is 6.15. The zero-order valence-corrected chi connectivity index (χ0v) is 11.4. The Morgan fingerprint density at radius 3 is 2.40 bits per heavy atom. The van der Waals surface area contributed by atoms with Crippen LogP contribution in [0.3, 0.4) is 0 Å². The highest BCUT2D eigenvalue weighted by molar-refractivity contribution is 5.87. The minimum absolute atomic E-state index is 0.228. The molecule has 0 aliphatic heterocycles. The Hall–Kier alpha value is -2.40. The third-order valence-corrected chi connectivity index (χ3v) is 2.62. The highest BCUT2D eigenvalue weighted by Gasteiger charge is 2.04. The largest absolute Gasteiger partial charge is 0.478 e. The maximum Gasteiger partial charge on any atom is 0.335 e. The second-order valence-corrected chi connectivity index (χ2v) is 4.67. The fourth-order valence-electron chi connectivity index (χ4n) is 1.72. The Morgan fingerprint density at radius 2 is 1.90 bits per heavy atom. The van der Waals surface area contributed by atoms with E-state index in [9.17, 15) is 4.79 Å². The monoisotopic (exact) mass is 272 g/mol. The van der Waals surface area contributed by atoms with Crippen LogP contribution < -0.4 is 4.74 Å². The Morgan fingerprint density at radius 1 is 1.20 bits per heavy atom. The fraction of sp³-hybridized carbons (Fsp3) is 0.200. The Bertz CT molecular complexity index is 577. The number of hydrogen-bond acceptors (Lipinski definition) is 4. The number of carbonyl (C=O) groups is 1. The number of aromatic nitrogens is 1. The summed E-state index contributed by atoms with van der Waals surface area (Å²) in [6.45, 7) is 0.820. The number of nitrogens with zero attached hydrogens (tertiary/aromatic N) is 2. The Balaban J connectivity index is 2.04. The van der Waals surface area contributed by atoms with E-state index in [1.54, 1.807) is 24.4 Å². The van der Waals surface area contributed by atoms with Crippen LogP contribution in [0.15, 0.2) is 42.6 Å². The molecule has 2 rings (SSSR count). The summed E-state index contributed by atoms with van der Waals surface area (Å²) >= 11 is 0. The molecule has 1 aromatic heterocycles. The smallest absolute Gasteiger partial charge is 0.335 e. The summed E-state index contributed by atoms with van der Waals surface area (Å²) in [4.78, 5) is 17.0. The van der Waals surface area contributed by atoms with Crippen molar-refractivity contribution in [3.8, 4) is 11.6 Å². The van der Waals surface area contributed by atoms with Gasteiger partial charge in [0.2, 0.25) is 5.88 Å². The van der Waals surface area contributed by atoms with Crippen LogP contribution in [0, 0.1) is 0 Å². The van der Waals surface area contributed by atoms with Gasteiger partial charge in [0.05, 0.1) is 5.56 Å². The van der Waals surface area contributed by atoms with Crippen molar-refractivity contribution in [3.05, 3.63) is 53.7 Å². The molecule has 5 heteroatoms. The zero-order chi connectivity index (χ0) is 14.5. The minimum atomic E-state index is -0.956. The molecule has 0 atom stereocenters. The van der Waals surface area contributed by atoms with Gasteiger partial charge >= 0.3 is 5.97 Å². The maximum atomic E-state index is 10.7. The number of carboxylic acid groups (broad SMARTS) is 1. The summed E-state index contributed by atoms with van der Waals surface area (Å²) in [5.41, 5.74) is 1.33. The van der Waals surface area contributed by atoms with Crippen molar-refractivity contribution in [1.29, 1.82) is 0 Å². The van der Waals surface area contributed by atoms with E-state index < -0.39 is 5.97 Å². The van der Waals surface area contributed by atoms with Gasteiger partial charge in [-0.1, -0.05) is 6.07 Å². The molecule has 0 saturated carbocycles. The van der Waals surface area contributed by atoms with Gasteiger partial charge in [-0.15, -0.1) is 0 Å². The standard InChI is InChI=1S/C15H16N2O3/c1-17(2)10-11-3-8-14(16-9-11)20-13-6-4-12(5-7-13)15(18)19/h3-9H,10H2,1-2H3,(H,18,19). The lowest BCUT2D eigenvalue weighted by Crippen LogP contribution is -2.10. The van der Waals surface area contributed by atoms with E-state index in [0.29, 0.717) is 11.6 Å². The maximum absolute atomic E-state index is 10.7. The van der Waals surface area contributed by atoms with Gasteiger partial charge in [-0.25, -0.2) is 9.78 Å². The van der Waals surface area contributed by atoms with Gasteiger partial charge in [0.15, 0.2) is 0 Å². The van der Waals surface area contributed by atoms with Crippen LogP contribution in [0.25, 0.3) is 0 Å². The average Bonchev–Trinajstić information content (AvgIpc) is 2.41. The van der Waals surface area contributed by atoms with Crippen LogP contribution in [-0.4, -0.2) is 35.1 Å². The molecule has 1 heterocycles. The molecule has 1 N–H and O–H groups in total. The average molecular weight is 272 g/mol. The van der Waals surface area contributed by atoms with Crippen LogP contribution in [0.5, 0.6) is 11.6 Å². The Labute approximate surface area is 117 Å². The van der Waals surface area contributed by atoms with Gasteiger partial charge in [-0.3, -0.25) is 0 Å². The summed E-state index contributed by atoms with van der Waals surface area (Å²) in [5.74, 6) is 0.0844. The highest BCUT2D eigenvalue weighted by Crippen LogP contribution is 2.20. The van der Waals surface area contributed by atoms with Crippen molar-refractivity contribution in [2.75, 3.05) is 14.1 Å². The normalized spacial score (nSPS) is 10.6. The summed E-state index contributed by atoms with van der Waals surface area (Å²) in [7, 11) is 3.99. The van der Waals surface area contributed by atoms with E-state index in [2.05, 4.69) is 9.88 Å². The van der Waals surface area contributed by atoms with Crippen LogP contribution in [0.2, 0.25) is 0 Å². The van der Waals surface area contributed by atoms with Crippen LogP contribution in [0.1, 0.15) is 15.9 Å². The van der Waals surface area contributed by atoms with Crippen LogP contribution in [0.4, 0.5) is 0 Å². The molecule has 0 bridgehead atoms. The third-order valence-electron chi connectivity index (χ3n) is 2.62. The summed E-state index contributed by atoms with van der Waals surface area (Å²) < 4.78 is 5.56. The first kappa shape index (κ1) is 14.0. The quantitative estimate of drug-likeness (QED) is 0.906. The van der Waals surface area contributed by atoms with Crippen molar-refractivity contribution in [3.63, 3.8) is 0 Å². The second-order valence-electron chi connectivity index (χ2n) is 4.67. The van der Waals surface area contributed by atoms with Gasteiger partial charge in [0.1, 0.15) is 5.75 Å². The lowest BCUT2D eigenvalue weighted by Gasteiger charge is -2.10. The van der Waals surface area contributed by atoms with Crippen molar-refractivity contribution in [2.24, 2.45) is 0 Å². The SMILES string of the molecule is CN(C)Cc1ccc(Oc2ccc(C(=O)O)cc2)nc1. The molecule has 104 valence electrons. The third kappa shape index (κ3) is 3.80. The molecule has 20 heavy (non-hydrogen) atoms. The number of ether oxygens (including phenoxy) is 1. The van der Waals surface area contributed by atoms with E-state index >= 15 is 0 Å². The number of benzene rings is 1. The van der Waals surface area contributed by atoms with Crippen molar-refractivity contribution in [1.82, 2.24) is 9.88 Å². The topological polar surface area (TPSA) is 62.7 Å². The molecule has 0 fully saturated rings. The van der Waals surface area contributed by atoms with Gasteiger partial charge in [0.25, 0.3) is 0 Å². The summed E-state index contributed by atoms with van der Waals surface area (Å²) in [6, 6.07) is 9.96. The van der Waals surface area contributed by atoms with E-state index in [0.717, 1.165) is 12.1 Å². The lowest BCUT2D eigenvalue weighted by atomic mass is 10.2. The van der Waals surface area contributed by atoms with Gasteiger partial charge in [-0.2, -0.15) is 0 Å². The number of carboxylic acids is 1. The van der Waals surface area contributed by atoms with Crippen LogP contribution >= 0.6 is 0 Å². The number of rotatable bonds is 5. The fourth-order valence-corrected chi connectivity index (χ4v) is 1.72. The molecule has 5 nitrogen and oxygen atoms in total. The predicted molar refractivity (Wildman–Crippen MR) is 75.1 cm³/mol. The molecule has 0 radical (unpaired) electrons. The molecular formula is C15H16N2O3. The van der Waals surface area contributed by atoms with Gasteiger partial charge in [0, 0.05) is 18.8 Å². The molecule has 2 aromatic rings. The number of aromatic carboxylic acids is 1. The van der Waals surface area contributed by atoms with Crippen molar-refractivity contribution < 1.29 is 14.6 Å². The molecule has 0 spiro atoms. The summed E-state index contributed by atoms with van der Waals surface area (Å²) in [5, 5.41) is 8.81. The van der Waals surface area contributed by atoms with Gasteiger partial charge < -0.3 is 14.7 Å². The van der Waals surface area contributed by atoms with Crippen molar-refractivity contribution in [2.45, 2.75) is 6.54 Å². The van der Waals surface area contributed by atoms with Crippen LogP contribution in [-0.2, 0) is 6.54 Å².